The van der Waals surface area contributed by atoms with Crippen LogP contribution in [0, 0.1) is 0 Å². The standard InChI is InChI=1S/C12H16N2O2/c1-14-8-9(6-7-12(14)15)10-4-3-5-11(13-10)16-2/h3-5,9H,6-8H2,1-2H3/t9-/m0/s1. The molecule has 1 aliphatic heterocycles. The summed E-state index contributed by atoms with van der Waals surface area (Å²) in [5, 5.41) is 0. The van der Waals surface area contributed by atoms with Crippen LogP contribution in [0.5, 0.6) is 5.88 Å². The summed E-state index contributed by atoms with van der Waals surface area (Å²) in [6.45, 7) is 0.749. The summed E-state index contributed by atoms with van der Waals surface area (Å²) in [6.07, 6.45) is 1.49. The van der Waals surface area contributed by atoms with E-state index in [1.807, 2.05) is 25.2 Å². The number of hydrogen-bond acceptors (Lipinski definition) is 3. The van der Waals surface area contributed by atoms with Gasteiger partial charge in [-0.1, -0.05) is 6.07 Å². The van der Waals surface area contributed by atoms with Gasteiger partial charge < -0.3 is 9.64 Å². The highest BCUT2D eigenvalue weighted by atomic mass is 16.5. The maximum atomic E-state index is 11.4. The van der Waals surface area contributed by atoms with Crippen molar-refractivity contribution in [3.63, 3.8) is 0 Å². The van der Waals surface area contributed by atoms with Crippen LogP contribution in [-0.4, -0.2) is 36.5 Å². The molecule has 2 rings (SSSR count). The summed E-state index contributed by atoms with van der Waals surface area (Å²) in [7, 11) is 3.46. The van der Waals surface area contributed by atoms with E-state index in [0.717, 1.165) is 18.7 Å². The van der Waals surface area contributed by atoms with Crippen LogP contribution in [-0.2, 0) is 4.79 Å². The van der Waals surface area contributed by atoms with Crippen LogP contribution in [0.3, 0.4) is 0 Å². The largest absolute Gasteiger partial charge is 0.481 e. The molecule has 1 amide bonds. The Bertz CT molecular complexity index is 392. The van der Waals surface area contributed by atoms with Crippen LogP contribution < -0.4 is 4.74 Å². The predicted molar refractivity (Wildman–Crippen MR) is 60.4 cm³/mol. The molecule has 1 atom stereocenters. The van der Waals surface area contributed by atoms with Crippen LogP contribution in [0.25, 0.3) is 0 Å². The van der Waals surface area contributed by atoms with Crippen LogP contribution in [0.1, 0.15) is 24.5 Å². The lowest BCUT2D eigenvalue weighted by molar-refractivity contribution is -0.132. The van der Waals surface area contributed by atoms with Crippen molar-refractivity contribution >= 4 is 5.91 Å². The minimum atomic E-state index is 0.221. The average molecular weight is 220 g/mol. The molecular weight excluding hydrogens is 204 g/mol. The summed E-state index contributed by atoms with van der Waals surface area (Å²) in [6, 6.07) is 5.77. The van der Waals surface area contributed by atoms with E-state index in [-0.39, 0.29) is 5.91 Å². The number of amides is 1. The van der Waals surface area contributed by atoms with Gasteiger partial charge in [0.25, 0.3) is 0 Å². The van der Waals surface area contributed by atoms with E-state index in [4.69, 9.17) is 4.74 Å². The zero-order valence-electron chi connectivity index (χ0n) is 9.64. The molecule has 16 heavy (non-hydrogen) atoms. The SMILES string of the molecule is COc1cccc([C@H]2CCC(=O)N(C)C2)n1. The summed E-state index contributed by atoms with van der Waals surface area (Å²) >= 11 is 0. The molecule has 86 valence electrons. The lowest BCUT2D eigenvalue weighted by atomic mass is 9.94. The van der Waals surface area contributed by atoms with Gasteiger partial charge in [0.05, 0.1) is 7.11 Å². The zero-order chi connectivity index (χ0) is 11.5. The Morgan fingerprint density at radius 1 is 1.50 bits per heavy atom. The molecule has 0 spiro atoms. The maximum absolute atomic E-state index is 11.4. The third-order valence-electron chi connectivity index (χ3n) is 3.00. The topological polar surface area (TPSA) is 42.4 Å². The lowest BCUT2D eigenvalue weighted by Crippen LogP contribution is -2.36. The van der Waals surface area contributed by atoms with Crippen molar-refractivity contribution in [3.05, 3.63) is 23.9 Å². The number of aromatic nitrogens is 1. The Hall–Kier alpha value is -1.58. The molecule has 4 heteroatoms. The van der Waals surface area contributed by atoms with E-state index < -0.39 is 0 Å². The van der Waals surface area contributed by atoms with Crippen LogP contribution in [0.4, 0.5) is 0 Å². The number of carbonyl (C=O) groups excluding carboxylic acids is 1. The van der Waals surface area contributed by atoms with Crippen molar-refractivity contribution in [1.29, 1.82) is 0 Å². The van der Waals surface area contributed by atoms with E-state index in [2.05, 4.69) is 4.98 Å². The smallest absolute Gasteiger partial charge is 0.222 e. The first kappa shape index (κ1) is 10.9. The number of pyridine rings is 1. The van der Waals surface area contributed by atoms with Crippen molar-refractivity contribution in [2.75, 3.05) is 20.7 Å². The molecule has 4 nitrogen and oxygen atoms in total. The molecule has 1 aromatic rings. The molecule has 1 saturated heterocycles. The van der Waals surface area contributed by atoms with Gasteiger partial charge in [0.2, 0.25) is 11.8 Å². The number of methoxy groups -OCH3 is 1. The van der Waals surface area contributed by atoms with Gasteiger partial charge in [-0.05, 0) is 12.5 Å². The summed E-state index contributed by atoms with van der Waals surface area (Å²) < 4.78 is 5.10. The number of likely N-dealkylation sites (N-methyl/N-ethyl adjacent to an activating group) is 1. The summed E-state index contributed by atoms with van der Waals surface area (Å²) in [5.74, 6) is 1.19. The van der Waals surface area contributed by atoms with Crippen molar-refractivity contribution in [2.45, 2.75) is 18.8 Å². The van der Waals surface area contributed by atoms with Crippen molar-refractivity contribution in [3.8, 4) is 5.88 Å². The molecule has 0 bridgehead atoms. The van der Waals surface area contributed by atoms with Gasteiger partial charge in [-0.25, -0.2) is 4.98 Å². The first-order valence-corrected chi connectivity index (χ1v) is 5.45. The summed E-state index contributed by atoms with van der Waals surface area (Å²) in [4.78, 5) is 17.6. The van der Waals surface area contributed by atoms with Gasteiger partial charge >= 0.3 is 0 Å². The van der Waals surface area contributed by atoms with E-state index in [1.54, 1.807) is 12.0 Å². The van der Waals surface area contributed by atoms with Gasteiger partial charge in [0.15, 0.2) is 0 Å². The average Bonchev–Trinajstić information content (AvgIpc) is 2.33. The van der Waals surface area contributed by atoms with E-state index in [9.17, 15) is 4.79 Å². The minimum absolute atomic E-state index is 0.221. The fourth-order valence-corrected chi connectivity index (χ4v) is 2.03. The van der Waals surface area contributed by atoms with Gasteiger partial charge in [-0.3, -0.25) is 4.79 Å². The number of likely N-dealkylation sites (tertiary alicyclic amines) is 1. The number of ether oxygens (including phenoxy) is 1. The molecule has 0 N–H and O–H groups in total. The molecule has 0 saturated carbocycles. The Balaban J connectivity index is 2.15. The van der Waals surface area contributed by atoms with Crippen LogP contribution in [0.15, 0.2) is 18.2 Å². The Labute approximate surface area is 95.2 Å². The lowest BCUT2D eigenvalue weighted by Gasteiger charge is -2.29. The number of hydrogen-bond donors (Lipinski definition) is 0. The second-order valence-electron chi connectivity index (χ2n) is 4.11. The highest BCUT2D eigenvalue weighted by Gasteiger charge is 2.24. The summed E-state index contributed by atoms with van der Waals surface area (Å²) in [5.41, 5.74) is 1.01. The number of nitrogens with zero attached hydrogens (tertiary/aromatic N) is 2. The molecule has 0 unspecified atom stereocenters. The molecule has 0 radical (unpaired) electrons. The molecule has 1 aromatic heterocycles. The Morgan fingerprint density at radius 3 is 3.00 bits per heavy atom. The molecule has 0 aliphatic carbocycles. The second kappa shape index (κ2) is 4.51. The first-order valence-electron chi connectivity index (χ1n) is 5.45. The second-order valence-corrected chi connectivity index (χ2v) is 4.11. The molecule has 2 heterocycles. The maximum Gasteiger partial charge on any atom is 0.222 e. The fraction of sp³-hybridized carbons (Fsp3) is 0.500. The number of carbonyl (C=O) groups is 1. The van der Waals surface area contributed by atoms with E-state index in [1.165, 1.54) is 0 Å². The third kappa shape index (κ3) is 2.15. The van der Waals surface area contributed by atoms with Crippen molar-refractivity contribution in [2.24, 2.45) is 0 Å². The quantitative estimate of drug-likeness (QED) is 0.757. The monoisotopic (exact) mass is 220 g/mol. The number of rotatable bonds is 2. The van der Waals surface area contributed by atoms with Crippen molar-refractivity contribution < 1.29 is 9.53 Å². The highest BCUT2D eigenvalue weighted by molar-refractivity contribution is 5.76. The zero-order valence-corrected chi connectivity index (χ0v) is 9.64. The molecular formula is C12H16N2O2. The normalized spacial score (nSPS) is 21.0. The first-order chi connectivity index (χ1) is 7.70. The van der Waals surface area contributed by atoms with Crippen LogP contribution in [0.2, 0.25) is 0 Å². The number of piperidine rings is 1. The predicted octanol–water partition coefficient (Wildman–Crippen LogP) is 1.43. The highest BCUT2D eigenvalue weighted by Crippen LogP contribution is 2.26. The van der Waals surface area contributed by atoms with Gasteiger partial charge in [-0.15, -0.1) is 0 Å². The van der Waals surface area contributed by atoms with Gasteiger partial charge in [0.1, 0.15) is 0 Å². The molecule has 0 aromatic carbocycles. The van der Waals surface area contributed by atoms with Gasteiger partial charge in [0, 0.05) is 37.7 Å². The van der Waals surface area contributed by atoms with Crippen LogP contribution >= 0.6 is 0 Å². The van der Waals surface area contributed by atoms with Gasteiger partial charge in [-0.2, -0.15) is 0 Å². The van der Waals surface area contributed by atoms with E-state index in [0.29, 0.717) is 18.2 Å². The molecule has 1 aliphatic rings. The van der Waals surface area contributed by atoms with E-state index >= 15 is 0 Å². The van der Waals surface area contributed by atoms with Crippen molar-refractivity contribution in [1.82, 2.24) is 9.88 Å². The third-order valence-corrected chi connectivity index (χ3v) is 3.00. The molecule has 1 fully saturated rings. The minimum Gasteiger partial charge on any atom is -0.481 e. The Morgan fingerprint density at radius 2 is 2.31 bits per heavy atom. The Kier molecular flexibility index (Phi) is 3.08. The fourth-order valence-electron chi connectivity index (χ4n) is 2.03.